The molecule has 0 aliphatic heterocycles. The first-order valence-corrected chi connectivity index (χ1v) is 3.89. The summed E-state index contributed by atoms with van der Waals surface area (Å²) >= 11 is 0. The lowest BCUT2D eigenvalue weighted by molar-refractivity contribution is 0.215. The van der Waals surface area contributed by atoms with Crippen molar-refractivity contribution in [1.82, 2.24) is 0 Å². The first-order valence-electron chi connectivity index (χ1n) is 3.89. The Morgan fingerprint density at radius 2 is 1.36 bits per heavy atom. The first-order chi connectivity index (χ1) is 5.36. The molecule has 1 saturated carbocycles. The van der Waals surface area contributed by atoms with Crippen molar-refractivity contribution in [1.29, 1.82) is 0 Å². The summed E-state index contributed by atoms with van der Waals surface area (Å²) in [5.41, 5.74) is 2.83. The largest absolute Gasteiger partial charge is 0.493 e. The predicted octanol–water partition coefficient (Wildman–Crippen LogP) is 1.98. The fourth-order valence-corrected chi connectivity index (χ4v) is 1.92. The van der Waals surface area contributed by atoms with Crippen molar-refractivity contribution >= 4 is 0 Å². The van der Waals surface area contributed by atoms with Gasteiger partial charge in [0, 0.05) is 0 Å². The molecule has 0 radical (unpaired) electrons. The second-order valence-corrected chi connectivity index (χ2v) is 2.95. The summed E-state index contributed by atoms with van der Waals surface area (Å²) < 4.78 is 10.5. The molecule has 2 heteroatoms. The van der Waals surface area contributed by atoms with E-state index in [1.807, 2.05) is 0 Å². The topological polar surface area (TPSA) is 18.5 Å². The Balaban J connectivity index is 2.37. The normalized spacial score (nSPS) is 21.6. The van der Waals surface area contributed by atoms with Crippen molar-refractivity contribution in [3.8, 4) is 0 Å². The summed E-state index contributed by atoms with van der Waals surface area (Å²) in [6.07, 6.45) is 3.43. The minimum atomic E-state index is 0.994. The van der Waals surface area contributed by atoms with Crippen molar-refractivity contribution in [2.45, 2.75) is 19.3 Å². The maximum atomic E-state index is 5.25. The number of allylic oxidation sites excluding steroid dienone is 2. The summed E-state index contributed by atoms with van der Waals surface area (Å²) in [5, 5.41) is 0. The zero-order chi connectivity index (χ0) is 7.84. The van der Waals surface area contributed by atoms with Crippen LogP contribution in [-0.4, -0.2) is 14.2 Å². The van der Waals surface area contributed by atoms with Crippen LogP contribution < -0.4 is 0 Å². The van der Waals surface area contributed by atoms with E-state index in [4.69, 9.17) is 9.47 Å². The molecule has 0 heterocycles. The van der Waals surface area contributed by atoms with Crippen LogP contribution in [0, 0.1) is 0 Å². The van der Waals surface area contributed by atoms with Gasteiger partial charge in [0.1, 0.15) is 0 Å². The van der Waals surface area contributed by atoms with Gasteiger partial charge in [-0.25, -0.2) is 0 Å². The first kappa shape index (κ1) is 6.77. The highest BCUT2D eigenvalue weighted by atomic mass is 16.5. The maximum Gasteiger partial charge on any atom is 0.160 e. The average molecular weight is 152 g/mol. The molecule has 60 valence electrons. The molecule has 0 amide bonds. The second kappa shape index (κ2) is 2.29. The predicted molar refractivity (Wildman–Crippen MR) is 41.9 cm³/mol. The summed E-state index contributed by atoms with van der Waals surface area (Å²) in [6, 6.07) is 0. The molecule has 0 N–H and O–H groups in total. The van der Waals surface area contributed by atoms with Gasteiger partial charge < -0.3 is 9.47 Å². The molecule has 0 aromatic carbocycles. The SMILES string of the molecule is COC1=C2CCC(=C1OC)C2. The Kier molecular flexibility index (Phi) is 1.41. The van der Waals surface area contributed by atoms with Gasteiger partial charge in [0.05, 0.1) is 14.2 Å². The van der Waals surface area contributed by atoms with E-state index in [1.54, 1.807) is 14.2 Å². The number of hydrogen-bond acceptors (Lipinski definition) is 2. The van der Waals surface area contributed by atoms with Gasteiger partial charge in [0.2, 0.25) is 0 Å². The zero-order valence-electron chi connectivity index (χ0n) is 6.94. The highest BCUT2D eigenvalue weighted by Gasteiger charge is 2.31. The van der Waals surface area contributed by atoms with Gasteiger partial charge in [-0.1, -0.05) is 0 Å². The van der Waals surface area contributed by atoms with Gasteiger partial charge in [-0.2, -0.15) is 0 Å². The van der Waals surface area contributed by atoms with E-state index in [2.05, 4.69) is 0 Å². The lowest BCUT2D eigenvalue weighted by Gasteiger charge is -2.12. The van der Waals surface area contributed by atoms with Gasteiger partial charge >= 0.3 is 0 Å². The van der Waals surface area contributed by atoms with Crippen LogP contribution in [0.1, 0.15) is 19.3 Å². The molecule has 2 rings (SSSR count). The van der Waals surface area contributed by atoms with Crippen LogP contribution in [0.5, 0.6) is 0 Å². The minimum Gasteiger partial charge on any atom is -0.493 e. The van der Waals surface area contributed by atoms with Gasteiger partial charge in [0.15, 0.2) is 11.5 Å². The van der Waals surface area contributed by atoms with Crippen molar-refractivity contribution in [2.75, 3.05) is 14.2 Å². The number of ether oxygens (including phenoxy) is 2. The fraction of sp³-hybridized carbons (Fsp3) is 0.556. The van der Waals surface area contributed by atoms with E-state index < -0.39 is 0 Å². The number of hydrogen-bond donors (Lipinski definition) is 0. The van der Waals surface area contributed by atoms with Crippen LogP contribution in [0.2, 0.25) is 0 Å². The summed E-state index contributed by atoms with van der Waals surface area (Å²) in [5.74, 6) is 1.99. The van der Waals surface area contributed by atoms with E-state index in [0.29, 0.717) is 0 Å². The van der Waals surface area contributed by atoms with Crippen LogP contribution >= 0.6 is 0 Å². The summed E-state index contributed by atoms with van der Waals surface area (Å²) in [7, 11) is 3.42. The lowest BCUT2D eigenvalue weighted by Crippen LogP contribution is -1.98. The minimum absolute atomic E-state index is 0.994. The Morgan fingerprint density at radius 1 is 0.909 bits per heavy atom. The summed E-state index contributed by atoms with van der Waals surface area (Å²) in [4.78, 5) is 0. The highest BCUT2D eigenvalue weighted by molar-refractivity contribution is 5.45. The number of fused-ring (bicyclic) bond motifs is 2. The lowest BCUT2D eigenvalue weighted by atomic mass is 10.1. The van der Waals surface area contributed by atoms with Crippen LogP contribution in [-0.2, 0) is 9.47 Å². The third-order valence-corrected chi connectivity index (χ3v) is 2.41. The molecule has 0 aromatic rings. The molecule has 11 heavy (non-hydrogen) atoms. The Hall–Kier alpha value is -0.920. The summed E-state index contributed by atoms with van der Waals surface area (Å²) in [6.45, 7) is 0. The van der Waals surface area contributed by atoms with Crippen LogP contribution in [0.25, 0.3) is 0 Å². The molecule has 2 nitrogen and oxygen atoms in total. The van der Waals surface area contributed by atoms with E-state index in [0.717, 1.165) is 17.9 Å². The standard InChI is InChI=1S/C9H12O2/c1-10-8-6-3-4-7(5-6)9(8)11-2/h3-5H2,1-2H3. The third-order valence-electron chi connectivity index (χ3n) is 2.41. The van der Waals surface area contributed by atoms with Gasteiger partial charge in [0.25, 0.3) is 0 Å². The van der Waals surface area contributed by atoms with E-state index >= 15 is 0 Å². The van der Waals surface area contributed by atoms with Gasteiger partial charge in [-0.15, -0.1) is 0 Å². The van der Waals surface area contributed by atoms with Gasteiger partial charge in [-0.3, -0.25) is 0 Å². The van der Waals surface area contributed by atoms with E-state index in [-0.39, 0.29) is 0 Å². The van der Waals surface area contributed by atoms with E-state index in [9.17, 15) is 0 Å². The Labute approximate surface area is 66.5 Å². The highest BCUT2D eigenvalue weighted by Crippen LogP contribution is 2.44. The fourth-order valence-electron chi connectivity index (χ4n) is 1.92. The van der Waals surface area contributed by atoms with Crippen LogP contribution in [0.4, 0.5) is 0 Å². The maximum absolute atomic E-state index is 5.25. The average Bonchev–Trinajstić information content (AvgIpc) is 2.60. The third kappa shape index (κ3) is 0.785. The van der Waals surface area contributed by atoms with Crippen molar-refractivity contribution in [3.63, 3.8) is 0 Å². The monoisotopic (exact) mass is 152 g/mol. The van der Waals surface area contributed by atoms with E-state index in [1.165, 1.54) is 24.0 Å². The zero-order valence-corrected chi connectivity index (χ0v) is 6.94. The Bertz CT molecular complexity index is 222. The van der Waals surface area contributed by atoms with Crippen molar-refractivity contribution in [3.05, 3.63) is 22.7 Å². The number of methoxy groups -OCH3 is 2. The number of rotatable bonds is 2. The second-order valence-electron chi connectivity index (χ2n) is 2.95. The molecule has 0 aromatic heterocycles. The smallest absolute Gasteiger partial charge is 0.160 e. The molecular formula is C9H12O2. The van der Waals surface area contributed by atoms with Crippen LogP contribution in [0.15, 0.2) is 22.7 Å². The molecule has 0 saturated heterocycles. The molecule has 0 spiro atoms. The van der Waals surface area contributed by atoms with Crippen LogP contribution in [0.3, 0.4) is 0 Å². The molecule has 1 fully saturated rings. The van der Waals surface area contributed by atoms with Crippen molar-refractivity contribution in [2.24, 2.45) is 0 Å². The molecule has 2 aliphatic rings. The molecular weight excluding hydrogens is 140 g/mol. The molecule has 2 aliphatic carbocycles. The quantitative estimate of drug-likeness (QED) is 0.602. The Morgan fingerprint density at radius 3 is 1.73 bits per heavy atom. The molecule has 0 atom stereocenters. The molecule has 2 bridgehead atoms. The van der Waals surface area contributed by atoms with Crippen molar-refractivity contribution < 1.29 is 9.47 Å². The molecule has 0 unspecified atom stereocenters. The van der Waals surface area contributed by atoms with Gasteiger partial charge in [-0.05, 0) is 30.4 Å².